The van der Waals surface area contributed by atoms with Gasteiger partial charge in [-0.25, -0.2) is 9.69 Å². The van der Waals surface area contributed by atoms with Gasteiger partial charge in [-0.15, -0.1) is 0 Å². The second-order valence-electron chi connectivity index (χ2n) is 8.08. The molecule has 1 aliphatic heterocycles. The van der Waals surface area contributed by atoms with Crippen LogP contribution >= 0.6 is 34.2 Å². The molecule has 1 saturated heterocycles. The van der Waals surface area contributed by atoms with Crippen LogP contribution in [0.1, 0.15) is 11.1 Å². The molecule has 0 unspecified atom stereocenters. The molecule has 9 nitrogen and oxygen atoms in total. The molecule has 0 aromatic heterocycles. The molecule has 4 amide bonds. The second-order valence-corrected chi connectivity index (χ2v) is 9.68. The van der Waals surface area contributed by atoms with Crippen molar-refractivity contribution in [3.63, 3.8) is 0 Å². The van der Waals surface area contributed by atoms with Crippen LogP contribution in [0.25, 0.3) is 6.08 Å². The van der Waals surface area contributed by atoms with E-state index in [1.807, 2.05) is 12.1 Å². The zero-order valence-corrected chi connectivity index (χ0v) is 23.3. The fourth-order valence-electron chi connectivity index (χ4n) is 3.66. The van der Waals surface area contributed by atoms with Crippen LogP contribution in [-0.2, 0) is 16.2 Å². The van der Waals surface area contributed by atoms with Crippen molar-refractivity contribution in [2.24, 2.45) is 0 Å². The van der Waals surface area contributed by atoms with Crippen molar-refractivity contribution in [1.29, 1.82) is 0 Å². The molecule has 1 fully saturated rings. The molecule has 0 bridgehead atoms. The molecule has 1 heterocycles. The maximum atomic E-state index is 12.9. The van der Waals surface area contributed by atoms with Gasteiger partial charge in [0.15, 0.2) is 11.5 Å². The molecular weight excluding hydrogens is 625 g/mol. The van der Waals surface area contributed by atoms with E-state index in [9.17, 15) is 14.4 Å². The van der Waals surface area contributed by atoms with Gasteiger partial charge in [0, 0.05) is 5.02 Å². The highest BCUT2D eigenvalue weighted by Crippen LogP contribution is 2.35. The first-order valence-corrected chi connectivity index (χ1v) is 12.8. The van der Waals surface area contributed by atoms with Gasteiger partial charge >= 0.3 is 6.03 Å². The molecule has 0 atom stereocenters. The first-order chi connectivity index (χ1) is 18.3. The second kappa shape index (κ2) is 12.2. The number of carbonyl (C=O) groups is 3. The average Bonchev–Trinajstić information content (AvgIpc) is 3.16. The van der Waals surface area contributed by atoms with Gasteiger partial charge in [-0.2, -0.15) is 0 Å². The van der Waals surface area contributed by atoms with Crippen LogP contribution in [0.3, 0.4) is 0 Å². The summed E-state index contributed by atoms with van der Waals surface area (Å²) in [5, 5.41) is 5.82. The summed E-state index contributed by atoms with van der Waals surface area (Å²) in [5.74, 6) is 0.298. The number of carbonyl (C=O) groups excluding carboxylic acids is 3. The Morgan fingerprint density at radius 1 is 1.05 bits per heavy atom. The van der Waals surface area contributed by atoms with Gasteiger partial charge in [-0.1, -0.05) is 35.9 Å². The molecule has 0 saturated carbocycles. The van der Waals surface area contributed by atoms with E-state index in [0.717, 1.165) is 14.0 Å². The van der Waals surface area contributed by atoms with Crippen molar-refractivity contribution >= 4 is 63.8 Å². The first-order valence-electron chi connectivity index (χ1n) is 11.3. The molecule has 0 spiro atoms. The van der Waals surface area contributed by atoms with E-state index in [2.05, 4.69) is 33.2 Å². The molecule has 11 heteroatoms. The number of nitrogens with one attached hydrogen (secondary N) is 2. The Balaban J connectivity index is 1.47. The predicted octanol–water partition coefficient (Wildman–Crippen LogP) is 5.07. The number of anilines is 1. The minimum absolute atomic E-state index is 0.0350. The number of nitrogens with zero attached hydrogens (tertiary/aromatic N) is 1. The van der Waals surface area contributed by atoms with Crippen LogP contribution in [0.5, 0.6) is 17.2 Å². The Hall–Kier alpha value is -3.77. The average molecular weight is 648 g/mol. The Labute approximate surface area is 237 Å². The van der Waals surface area contributed by atoms with Crippen molar-refractivity contribution in [3.8, 4) is 17.2 Å². The van der Waals surface area contributed by atoms with Crippen LogP contribution in [0.2, 0.25) is 5.02 Å². The van der Waals surface area contributed by atoms with E-state index < -0.39 is 24.4 Å². The van der Waals surface area contributed by atoms with Crippen molar-refractivity contribution in [1.82, 2.24) is 10.2 Å². The quantitative estimate of drug-likeness (QED) is 0.191. The van der Waals surface area contributed by atoms with E-state index in [0.29, 0.717) is 40.1 Å². The Bertz CT molecular complexity index is 1410. The summed E-state index contributed by atoms with van der Waals surface area (Å²) in [6.07, 6.45) is 1.52. The third kappa shape index (κ3) is 6.37. The number of halogens is 2. The Morgan fingerprint density at radius 2 is 1.76 bits per heavy atom. The summed E-state index contributed by atoms with van der Waals surface area (Å²) in [4.78, 5) is 38.8. The van der Waals surface area contributed by atoms with Crippen LogP contribution < -0.4 is 24.8 Å². The normalized spacial score (nSPS) is 13.9. The molecule has 0 aliphatic carbocycles. The van der Waals surface area contributed by atoms with Crippen molar-refractivity contribution in [2.75, 3.05) is 26.1 Å². The maximum Gasteiger partial charge on any atom is 0.329 e. The van der Waals surface area contributed by atoms with E-state index in [1.165, 1.54) is 20.3 Å². The van der Waals surface area contributed by atoms with Crippen LogP contribution in [-0.4, -0.2) is 43.5 Å². The first kappa shape index (κ1) is 27.3. The number of ether oxygens (including phenoxy) is 3. The van der Waals surface area contributed by atoms with Crippen molar-refractivity contribution in [3.05, 3.63) is 86.1 Å². The van der Waals surface area contributed by atoms with Gasteiger partial charge in [-0.05, 0) is 76.2 Å². The number of benzene rings is 3. The van der Waals surface area contributed by atoms with Crippen LogP contribution in [0, 0.1) is 3.57 Å². The lowest BCUT2D eigenvalue weighted by molar-refractivity contribution is -0.127. The van der Waals surface area contributed by atoms with E-state index in [-0.39, 0.29) is 5.70 Å². The number of rotatable bonds is 9. The van der Waals surface area contributed by atoms with E-state index >= 15 is 0 Å². The number of hydrogen-bond acceptors (Lipinski definition) is 6. The lowest BCUT2D eigenvalue weighted by atomic mass is 10.1. The van der Waals surface area contributed by atoms with Gasteiger partial charge < -0.3 is 24.8 Å². The van der Waals surface area contributed by atoms with Gasteiger partial charge in [0.05, 0.1) is 23.5 Å². The predicted molar refractivity (Wildman–Crippen MR) is 151 cm³/mol. The van der Waals surface area contributed by atoms with Crippen molar-refractivity contribution < 1.29 is 28.6 Å². The van der Waals surface area contributed by atoms with Gasteiger partial charge in [-0.3, -0.25) is 9.59 Å². The zero-order valence-electron chi connectivity index (χ0n) is 20.4. The van der Waals surface area contributed by atoms with Crippen molar-refractivity contribution in [2.45, 2.75) is 6.61 Å². The SMILES string of the molecule is COc1ccccc1NC(=O)CN1C(=O)N/C(=C\c2cc(I)c(OCc3ccc(Cl)cc3)c(OC)c2)C1=O. The third-order valence-corrected chi connectivity index (χ3v) is 6.56. The summed E-state index contributed by atoms with van der Waals surface area (Å²) >= 11 is 8.05. The molecule has 38 heavy (non-hydrogen) atoms. The van der Waals surface area contributed by atoms with Gasteiger partial charge in [0.25, 0.3) is 5.91 Å². The number of amides is 4. The zero-order chi connectivity index (χ0) is 27.2. The lowest BCUT2D eigenvalue weighted by Crippen LogP contribution is -2.38. The summed E-state index contributed by atoms with van der Waals surface area (Å²) in [7, 11) is 3.00. The maximum absolute atomic E-state index is 12.9. The number of methoxy groups -OCH3 is 2. The summed E-state index contributed by atoms with van der Waals surface area (Å²) in [6, 6.07) is 17.0. The highest BCUT2D eigenvalue weighted by Gasteiger charge is 2.35. The fourth-order valence-corrected chi connectivity index (χ4v) is 4.57. The number of hydrogen-bond donors (Lipinski definition) is 2. The minimum Gasteiger partial charge on any atom is -0.495 e. The topological polar surface area (TPSA) is 106 Å². The smallest absolute Gasteiger partial charge is 0.329 e. The number of urea groups is 1. The molecule has 1 aliphatic rings. The highest BCUT2D eigenvalue weighted by molar-refractivity contribution is 14.1. The lowest BCUT2D eigenvalue weighted by Gasteiger charge is -2.14. The summed E-state index contributed by atoms with van der Waals surface area (Å²) < 4.78 is 17.4. The number of imide groups is 1. The number of para-hydroxylation sites is 2. The molecule has 3 aromatic carbocycles. The summed E-state index contributed by atoms with van der Waals surface area (Å²) in [5.41, 5.74) is 2.01. The molecule has 0 radical (unpaired) electrons. The molecule has 4 rings (SSSR count). The Kier molecular flexibility index (Phi) is 8.74. The van der Waals surface area contributed by atoms with Gasteiger partial charge in [0.2, 0.25) is 5.91 Å². The standard InChI is InChI=1S/C27H23ClIN3O6/c1-36-22-6-4-3-5-20(22)30-24(33)14-32-26(34)21(31-27(32)35)12-17-11-19(29)25(23(13-17)37-2)38-15-16-7-9-18(28)10-8-16/h3-13H,14-15H2,1-2H3,(H,30,33)(H,31,35)/b21-12-. The minimum atomic E-state index is -0.694. The Morgan fingerprint density at radius 3 is 2.47 bits per heavy atom. The van der Waals surface area contributed by atoms with E-state index in [4.69, 9.17) is 25.8 Å². The summed E-state index contributed by atoms with van der Waals surface area (Å²) in [6.45, 7) is -0.150. The van der Waals surface area contributed by atoms with Crippen LogP contribution in [0.4, 0.5) is 10.5 Å². The molecule has 2 N–H and O–H groups in total. The van der Waals surface area contributed by atoms with Crippen LogP contribution in [0.15, 0.2) is 66.4 Å². The molecule has 3 aromatic rings. The monoisotopic (exact) mass is 647 g/mol. The third-order valence-electron chi connectivity index (χ3n) is 5.50. The fraction of sp³-hybridized carbons (Fsp3) is 0.148. The molecular formula is C27H23ClIN3O6. The largest absolute Gasteiger partial charge is 0.495 e. The van der Waals surface area contributed by atoms with Gasteiger partial charge in [0.1, 0.15) is 24.6 Å². The van der Waals surface area contributed by atoms with E-state index in [1.54, 1.807) is 48.5 Å². The highest BCUT2D eigenvalue weighted by atomic mass is 127. The molecule has 196 valence electrons.